The summed E-state index contributed by atoms with van der Waals surface area (Å²) < 4.78 is 48.6. The Kier molecular flexibility index (Phi) is 4.85. The zero-order chi connectivity index (χ0) is 19.8. The summed E-state index contributed by atoms with van der Waals surface area (Å²) in [7, 11) is 0. The van der Waals surface area contributed by atoms with Crippen LogP contribution in [0.4, 0.5) is 13.2 Å². The highest BCUT2D eigenvalue weighted by Crippen LogP contribution is 2.40. The zero-order valence-corrected chi connectivity index (χ0v) is 16.2. The van der Waals surface area contributed by atoms with Crippen LogP contribution >= 0.6 is 11.3 Å². The van der Waals surface area contributed by atoms with Gasteiger partial charge in [-0.3, -0.25) is 0 Å². The van der Waals surface area contributed by atoms with Crippen LogP contribution in [0.25, 0.3) is 20.2 Å². The summed E-state index contributed by atoms with van der Waals surface area (Å²) in [5.74, 6) is -1.60. The first kappa shape index (κ1) is 18.6. The second-order valence-electron chi connectivity index (χ2n) is 6.76. The van der Waals surface area contributed by atoms with Crippen LogP contribution in [0.1, 0.15) is 23.6 Å². The predicted octanol–water partition coefficient (Wildman–Crippen LogP) is 7.44. The molecule has 28 heavy (non-hydrogen) atoms. The molecule has 0 N–H and O–H groups in total. The Morgan fingerprint density at radius 3 is 2.25 bits per heavy atom. The van der Waals surface area contributed by atoms with E-state index in [2.05, 4.69) is 0 Å². The van der Waals surface area contributed by atoms with Gasteiger partial charge in [-0.1, -0.05) is 42.0 Å². The van der Waals surface area contributed by atoms with Crippen LogP contribution in [0.2, 0.25) is 0 Å². The fourth-order valence-corrected chi connectivity index (χ4v) is 4.35. The van der Waals surface area contributed by atoms with Crippen molar-refractivity contribution in [1.29, 1.82) is 0 Å². The zero-order valence-electron chi connectivity index (χ0n) is 15.4. The molecule has 4 rings (SSSR count). The standard InChI is InChI=1S/C23H17F3OS/c1-13-3-5-15(6-4-13)11-16-7-8-17-18-9-10-19(27-12-14(2)24)21(26)23(18)28-22(17)20(16)25/h3-10,12H,11H2,1-2H3/b14-12-. The molecule has 0 bridgehead atoms. The minimum Gasteiger partial charge on any atom is -0.459 e. The number of halogens is 3. The van der Waals surface area contributed by atoms with E-state index in [9.17, 15) is 8.78 Å². The first-order valence-corrected chi connectivity index (χ1v) is 9.62. The molecule has 0 aliphatic carbocycles. The van der Waals surface area contributed by atoms with E-state index in [-0.39, 0.29) is 11.6 Å². The molecule has 1 aromatic heterocycles. The molecule has 0 radical (unpaired) electrons. The lowest BCUT2D eigenvalue weighted by molar-refractivity contribution is 0.424. The van der Waals surface area contributed by atoms with Crippen molar-refractivity contribution in [2.75, 3.05) is 0 Å². The van der Waals surface area contributed by atoms with E-state index >= 15 is 4.39 Å². The van der Waals surface area contributed by atoms with Crippen molar-refractivity contribution >= 4 is 31.5 Å². The van der Waals surface area contributed by atoms with Crippen LogP contribution in [-0.4, -0.2) is 0 Å². The maximum atomic E-state index is 15.2. The molecule has 0 spiro atoms. The second-order valence-corrected chi connectivity index (χ2v) is 7.78. The Morgan fingerprint density at radius 1 is 0.929 bits per heavy atom. The number of ether oxygens (including phenoxy) is 1. The van der Waals surface area contributed by atoms with Crippen LogP contribution in [0.5, 0.6) is 5.75 Å². The first-order valence-electron chi connectivity index (χ1n) is 8.80. The third kappa shape index (κ3) is 3.38. The van der Waals surface area contributed by atoms with E-state index in [1.54, 1.807) is 12.1 Å². The number of rotatable bonds is 4. The number of allylic oxidation sites excluding steroid dienone is 1. The predicted molar refractivity (Wildman–Crippen MR) is 109 cm³/mol. The highest BCUT2D eigenvalue weighted by molar-refractivity contribution is 7.25. The van der Waals surface area contributed by atoms with Gasteiger partial charge in [-0.05, 0) is 37.1 Å². The van der Waals surface area contributed by atoms with Crippen molar-refractivity contribution in [2.24, 2.45) is 0 Å². The van der Waals surface area contributed by atoms with Crippen LogP contribution in [0.15, 0.2) is 60.6 Å². The van der Waals surface area contributed by atoms with Crippen LogP contribution in [0.3, 0.4) is 0 Å². The minimum atomic E-state index is -0.615. The molecule has 0 saturated carbocycles. The maximum Gasteiger partial charge on any atom is 0.183 e. The quantitative estimate of drug-likeness (QED) is 0.325. The van der Waals surface area contributed by atoms with Crippen molar-refractivity contribution in [3.8, 4) is 5.75 Å². The SMILES string of the molecule is C/C(F)=C/Oc1ccc2c(sc3c(F)c(Cc4ccc(C)cc4)ccc32)c1F. The van der Waals surface area contributed by atoms with Crippen molar-refractivity contribution in [2.45, 2.75) is 20.3 Å². The van der Waals surface area contributed by atoms with Gasteiger partial charge in [0.15, 0.2) is 11.6 Å². The molecule has 0 fully saturated rings. The molecular weight excluding hydrogens is 381 g/mol. The molecule has 0 saturated heterocycles. The Hall–Kier alpha value is -2.79. The van der Waals surface area contributed by atoms with Gasteiger partial charge in [0.25, 0.3) is 0 Å². The average Bonchev–Trinajstić information content (AvgIpc) is 3.05. The van der Waals surface area contributed by atoms with Crippen LogP contribution in [0, 0.1) is 18.6 Å². The summed E-state index contributed by atoms with van der Waals surface area (Å²) >= 11 is 1.05. The monoisotopic (exact) mass is 398 g/mol. The Balaban J connectivity index is 1.79. The van der Waals surface area contributed by atoms with Crippen molar-refractivity contribution in [3.63, 3.8) is 0 Å². The normalized spacial score (nSPS) is 12.1. The van der Waals surface area contributed by atoms with E-state index in [0.29, 0.717) is 32.2 Å². The van der Waals surface area contributed by atoms with Crippen molar-refractivity contribution in [1.82, 2.24) is 0 Å². The second kappa shape index (κ2) is 7.32. The topological polar surface area (TPSA) is 9.23 Å². The fraction of sp³-hybridized carbons (Fsp3) is 0.130. The molecule has 1 heterocycles. The van der Waals surface area contributed by atoms with Gasteiger partial charge < -0.3 is 4.74 Å². The van der Waals surface area contributed by atoms with Gasteiger partial charge in [0.05, 0.1) is 9.40 Å². The molecule has 5 heteroatoms. The molecule has 142 valence electrons. The summed E-state index contributed by atoms with van der Waals surface area (Å²) in [6, 6.07) is 14.6. The third-order valence-electron chi connectivity index (χ3n) is 4.60. The largest absolute Gasteiger partial charge is 0.459 e. The lowest BCUT2D eigenvalue weighted by Gasteiger charge is -2.05. The van der Waals surface area contributed by atoms with Gasteiger partial charge in [0.2, 0.25) is 0 Å². The first-order chi connectivity index (χ1) is 13.4. The van der Waals surface area contributed by atoms with Gasteiger partial charge in [0, 0.05) is 17.2 Å². The number of hydrogen-bond acceptors (Lipinski definition) is 2. The van der Waals surface area contributed by atoms with E-state index in [4.69, 9.17) is 4.74 Å². The Bertz CT molecular complexity index is 1200. The van der Waals surface area contributed by atoms with Crippen LogP contribution < -0.4 is 4.74 Å². The molecule has 0 amide bonds. The lowest BCUT2D eigenvalue weighted by atomic mass is 10.0. The Labute approximate surface area is 164 Å². The summed E-state index contributed by atoms with van der Waals surface area (Å²) in [5.41, 5.74) is 2.73. The molecule has 0 atom stereocenters. The smallest absolute Gasteiger partial charge is 0.183 e. The third-order valence-corrected chi connectivity index (χ3v) is 5.80. The maximum absolute atomic E-state index is 15.2. The molecule has 3 aromatic carbocycles. The molecule has 0 aliphatic heterocycles. The number of benzene rings is 3. The molecular formula is C23H17F3OS. The number of aryl methyl sites for hydroxylation is 1. The van der Waals surface area contributed by atoms with Crippen molar-refractivity contribution in [3.05, 3.63) is 88.9 Å². The fourth-order valence-electron chi connectivity index (χ4n) is 3.16. The van der Waals surface area contributed by atoms with Crippen LogP contribution in [-0.2, 0) is 6.42 Å². The molecule has 0 aliphatic rings. The highest BCUT2D eigenvalue weighted by atomic mass is 32.1. The summed E-state index contributed by atoms with van der Waals surface area (Å²) in [6.45, 7) is 3.21. The van der Waals surface area contributed by atoms with E-state index < -0.39 is 11.6 Å². The van der Waals surface area contributed by atoms with E-state index in [1.807, 2.05) is 37.3 Å². The number of fused-ring (bicyclic) bond motifs is 3. The summed E-state index contributed by atoms with van der Waals surface area (Å²) in [6.07, 6.45) is 1.31. The lowest BCUT2D eigenvalue weighted by Crippen LogP contribution is -1.92. The van der Waals surface area contributed by atoms with E-state index in [1.165, 1.54) is 13.0 Å². The summed E-state index contributed by atoms with van der Waals surface area (Å²) in [5, 5.41) is 1.28. The number of thiophene rings is 1. The van der Waals surface area contributed by atoms with E-state index in [0.717, 1.165) is 28.7 Å². The van der Waals surface area contributed by atoms with Gasteiger partial charge in [-0.25, -0.2) is 13.2 Å². The minimum absolute atomic E-state index is 0.0867. The molecule has 0 unspecified atom stereocenters. The van der Waals surface area contributed by atoms with Gasteiger partial charge in [-0.2, -0.15) is 0 Å². The highest BCUT2D eigenvalue weighted by Gasteiger charge is 2.18. The summed E-state index contributed by atoms with van der Waals surface area (Å²) in [4.78, 5) is 0. The average molecular weight is 398 g/mol. The molecule has 1 nitrogen and oxygen atoms in total. The van der Waals surface area contributed by atoms with Gasteiger partial charge >= 0.3 is 0 Å². The van der Waals surface area contributed by atoms with Gasteiger partial charge in [0.1, 0.15) is 17.9 Å². The van der Waals surface area contributed by atoms with Gasteiger partial charge in [-0.15, -0.1) is 11.3 Å². The number of hydrogen-bond donors (Lipinski definition) is 0. The Morgan fingerprint density at radius 2 is 1.57 bits per heavy atom. The molecule has 4 aromatic rings. The van der Waals surface area contributed by atoms with Crippen molar-refractivity contribution < 1.29 is 17.9 Å².